The second-order valence-corrected chi connectivity index (χ2v) is 6.23. The number of aromatic nitrogens is 1. The maximum absolute atomic E-state index is 12.4. The summed E-state index contributed by atoms with van der Waals surface area (Å²) in [4.78, 5) is 27.2. The summed E-state index contributed by atoms with van der Waals surface area (Å²) >= 11 is 0. The molecule has 5 nitrogen and oxygen atoms in total. The first-order chi connectivity index (χ1) is 12.0. The number of carbonyl (C=O) groups is 2. The van der Waals surface area contributed by atoms with Gasteiger partial charge in [0.05, 0.1) is 0 Å². The minimum atomic E-state index is -1.05. The topological polar surface area (TPSA) is 82.2 Å². The van der Waals surface area contributed by atoms with Crippen molar-refractivity contribution in [2.75, 3.05) is 0 Å². The second kappa shape index (κ2) is 6.81. The van der Waals surface area contributed by atoms with Crippen LogP contribution in [-0.2, 0) is 11.2 Å². The average Bonchev–Trinajstić information content (AvgIpc) is 2.99. The molecule has 1 atom stereocenters. The van der Waals surface area contributed by atoms with Crippen LogP contribution in [0.4, 0.5) is 0 Å². The summed E-state index contributed by atoms with van der Waals surface area (Å²) < 4.78 is 0. The van der Waals surface area contributed by atoms with Crippen LogP contribution in [0.2, 0.25) is 0 Å². The molecule has 0 saturated heterocycles. The highest BCUT2D eigenvalue weighted by atomic mass is 16.4. The van der Waals surface area contributed by atoms with E-state index in [1.54, 1.807) is 18.3 Å². The Morgan fingerprint density at radius 1 is 1.12 bits per heavy atom. The van der Waals surface area contributed by atoms with Crippen molar-refractivity contribution in [2.24, 2.45) is 0 Å². The van der Waals surface area contributed by atoms with Crippen molar-refractivity contribution >= 4 is 22.8 Å². The number of carbonyl (C=O) groups excluding carboxylic acids is 1. The predicted molar refractivity (Wildman–Crippen MR) is 96.8 cm³/mol. The molecular weight excluding hydrogens is 316 g/mol. The highest BCUT2D eigenvalue weighted by molar-refractivity contribution is 5.97. The van der Waals surface area contributed by atoms with Crippen LogP contribution in [0.5, 0.6) is 0 Å². The number of benzene rings is 2. The van der Waals surface area contributed by atoms with Gasteiger partial charge in [0.15, 0.2) is 0 Å². The number of hydrogen-bond donors (Lipinski definition) is 3. The number of fused-ring (bicyclic) bond motifs is 1. The van der Waals surface area contributed by atoms with Crippen LogP contribution in [0.1, 0.15) is 27.0 Å². The van der Waals surface area contributed by atoms with Gasteiger partial charge in [0, 0.05) is 29.1 Å². The third-order valence-electron chi connectivity index (χ3n) is 4.47. The van der Waals surface area contributed by atoms with Crippen LogP contribution in [0.3, 0.4) is 0 Å². The van der Waals surface area contributed by atoms with E-state index in [-0.39, 0.29) is 12.3 Å². The van der Waals surface area contributed by atoms with Gasteiger partial charge >= 0.3 is 5.97 Å². The van der Waals surface area contributed by atoms with E-state index in [0.717, 1.165) is 27.6 Å². The number of aliphatic carboxylic acids is 1. The van der Waals surface area contributed by atoms with Crippen molar-refractivity contribution in [2.45, 2.75) is 26.3 Å². The van der Waals surface area contributed by atoms with Crippen LogP contribution in [-0.4, -0.2) is 28.0 Å². The number of carboxylic acid groups (broad SMARTS) is 1. The number of hydrogen-bond acceptors (Lipinski definition) is 2. The van der Waals surface area contributed by atoms with Crippen LogP contribution in [0.15, 0.2) is 48.7 Å². The van der Waals surface area contributed by atoms with Gasteiger partial charge in [-0.05, 0) is 48.7 Å². The highest BCUT2D eigenvalue weighted by Gasteiger charge is 2.22. The molecule has 1 amide bonds. The van der Waals surface area contributed by atoms with Crippen molar-refractivity contribution in [3.63, 3.8) is 0 Å². The molecule has 128 valence electrons. The number of para-hydroxylation sites is 1. The van der Waals surface area contributed by atoms with E-state index in [1.807, 2.05) is 44.2 Å². The summed E-state index contributed by atoms with van der Waals surface area (Å²) in [5.74, 6) is -1.43. The Labute approximate surface area is 145 Å². The minimum absolute atomic E-state index is 0.218. The predicted octanol–water partition coefficient (Wildman–Crippen LogP) is 3.21. The largest absolute Gasteiger partial charge is 0.480 e. The normalized spacial score (nSPS) is 12.1. The highest BCUT2D eigenvalue weighted by Crippen LogP contribution is 2.19. The standard InChI is InChI=1S/C20H20N2O3/c1-12-7-8-14(9-13(12)2)19(23)22-18(20(24)25)10-15-11-21-17-6-4-3-5-16(15)17/h3-9,11,18,21H,10H2,1-2H3,(H,22,23)(H,24,25). The SMILES string of the molecule is Cc1ccc(C(=O)NC(Cc2c[nH]c3ccccc23)C(=O)O)cc1C. The Morgan fingerprint density at radius 3 is 2.60 bits per heavy atom. The second-order valence-electron chi connectivity index (χ2n) is 6.23. The maximum atomic E-state index is 12.4. The van der Waals surface area contributed by atoms with Crippen molar-refractivity contribution < 1.29 is 14.7 Å². The number of H-pyrrole nitrogens is 1. The molecule has 25 heavy (non-hydrogen) atoms. The summed E-state index contributed by atoms with van der Waals surface area (Å²) in [6.45, 7) is 3.89. The van der Waals surface area contributed by atoms with Crippen molar-refractivity contribution in [1.82, 2.24) is 10.3 Å². The van der Waals surface area contributed by atoms with Gasteiger partial charge in [0.1, 0.15) is 6.04 Å². The number of aromatic amines is 1. The molecule has 0 bridgehead atoms. The summed E-state index contributed by atoms with van der Waals surface area (Å²) in [6, 6.07) is 12.0. The Kier molecular flexibility index (Phi) is 4.57. The fourth-order valence-electron chi connectivity index (χ4n) is 2.84. The molecule has 0 aliphatic heterocycles. The lowest BCUT2D eigenvalue weighted by Crippen LogP contribution is -2.42. The first-order valence-electron chi connectivity index (χ1n) is 8.11. The quantitative estimate of drug-likeness (QED) is 0.669. The molecule has 2 aromatic carbocycles. The van der Waals surface area contributed by atoms with Crippen LogP contribution < -0.4 is 5.32 Å². The molecule has 3 N–H and O–H groups in total. The zero-order chi connectivity index (χ0) is 18.0. The summed E-state index contributed by atoms with van der Waals surface area (Å²) in [5.41, 5.74) is 4.36. The number of carboxylic acids is 1. The Morgan fingerprint density at radius 2 is 1.88 bits per heavy atom. The van der Waals surface area contributed by atoms with Gasteiger partial charge in [0.2, 0.25) is 0 Å². The average molecular weight is 336 g/mol. The third kappa shape index (κ3) is 3.55. The lowest BCUT2D eigenvalue weighted by atomic mass is 10.0. The summed E-state index contributed by atoms with van der Waals surface area (Å²) in [7, 11) is 0. The van der Waals surface area contributed by atoms with Gasteiger partial charge < -0.3 is 15.4 Å². The summed E-state index contributed by atoms with van der Waals surface area (Å²) in [5, 5.41) is 13.1. The Balaban J connectivity index is 1.80. The molecule has 0 fully saturated rings. The first kappa shape index (κ1) is 16.8. The fourth-order valence-corrected chi connectivity index (χ4v) is 2.84. The lowest BCUT2D eigenvalue weighted by Gasteiger charge is -2.15. The van der Waals surface area contributed by atoms with E-state index in [9.17, 15) is 14.7 Å². The molecule has 0 aliphatic carbocycles. The van der Waals surface area contributed by atoms with Crippen LogP contribution in [0, 0.1) is 13.8 Å². The molecule has 3 rings (SSSR count). The van der Waals surface area contributed by atoms with Crippen molar-refractivity contribution in [3.8, 4) is 0 Å². The first-order valence-corrected chi connectivity index (χ1v) is 8.11. The molecule has 0 radical (unpaired) electrons. The van der Waals surface area contributed by atoms with E-state index in [4.69, 9.17) is 0 Å². The van der Waals surface area contributed by atoms with Crippen molar-refractivity contribution in [1.29, 1.82) is 0 Å². The van der Waals surface area contributed by atoms with Gasteiger partial charge in [-0.25, -0.2) is 4.79 Å². The zero-order valence-corrected chi connectivity index (χ0v) is 14.2. The Bertz CT molecular complexity index is 943. The number of nitrogens with one attached hydrogen (secondary N) is 2. The fraction of sp³-hybridized carbons (Fsp3) is 0.200. The zero-order valence-electron chi connectivity index (χ0n) is 14.2. The molecule has 0 saturated carbocycles. The van der Waals surface area contributed by atoms with Gasteiger partial charge in [-0.1, -0.05) is 24.3 Å². The molecule has 0 aliphatic rings. The van der Waals surface area contributed by atoms with E-state index in [0.29, 0.717) is 5.56 Å². The summed E-state index contributed by atoms with van der Waals surface area (Å²) in [6.07, 6.45) is 2.01. The Hall–Kier alpha value is -3.08. The lowest BCUT2D eigenvalue weighted by molar-refractivity contribution is -0.139. The molecule has 5 heteroatoms. The number of aryl methyl sites for hydroxylation is 2. The van der Waals surface area contributed by atoms with Crippen molar-refractivity contribution in [3.05, 3.63) is 70.9 Å². The van der Waals surface area contributed by atoms with Crippen LogP contribution >= 0.6 is 0 Å². The van der Waals surface area contributed by atoms with E-state index in [2.05, 4.69) is 10.3 Å². The van der Waals surface area contributed by atoms with E-state index in [1.165, 1.54) is 0 Å². The molecule has 1 aromatic heterocycles. The molecule has 0 spiro atoms. The number of rotatable bonds is 5. The number of amides is 1. The monoisotopic (exact) mass is 336 g/mol. The molecule has 1 unspecified atom stereocenters. The van der Waals surface area contributed by atoms with E-state index >= 15 is 0 Å². The van der Waals surface area contributed by atoms with E-state index < -0.39 is 12.0 Å². The molecule has 1 heterocycles. The van der Waals surface area contributed by atoms with Gasteiger partial charge in [-0.2, -0.15) is 0 Å². The van der Waals surface area contributed by atoms with Gasteiger partial charge in [-0.3, -0.25) is 4.79 Å². The maximum Gasteiger partial charge on any atom is 0.326 e. The smallest absolute Gasteiger partial charge is 0.326 e. The van der Waals surface area contributed by atoms with Crippen LogP contribution in [0.25, 0.3) is 10.9 Å². The minimum Gasteiger partial charge on any atom is -0.480 e. The molecular formula is C20H20N2O3. The van der Waals surface area contributed by atoms with Gasteiger partial charge in [-0.15, -0.1) is 0 Å². The van der Waals surface area contributed by atoms with Gasteiger partial charge in [0.25, 0.3) is 5.91 Å². The third-order valence-corrected chi connectivity index (χ3v) is 4.47. The molecule has 3 aromatic rings.